The van der Waals surface area contributed by atoms with Crippen LogP contribution in [0.4, 0.5) is 4.39 Å². The summed E-state index contributed by atoms with van der Waals surface area (Å²) in [5.74, 6) is 0.419. The Morgan fingerprint density at radius 2 is 1.87 bits per heavy atom. The summed E-state index contributed by atoms with van der Waals surface area (Å²) in [6.45, 7) is 1.58. The molecule has 0 aliphatic heterocycles. The van der Waals surface area contributed by atoms with Crippen LogP contribution in [0, 0.1) is 12.7 Å². The molecule has 0 aliphatic rings. The van der Waals surface area contributed by atoms with Gasteiger partial charge in [0.2, 0.25) is 15.9 Å². The van der Waals surface area contributed by atoms with Crippen molar-refractivity contribution in [1.82, 2.24) is 24.5 Å². The molecule has 1 N–H and O–H groups in total. The fraction of sp³-hybridized carbons (Fsp3) is 0.150. The quantitative estimate of drug-likeness (QED) is 0.455. The van der Waals surface area contributed by atoms with Crippen LogP contribution in [0.5, 0.6) is 5.88 Å². The normalized spacial score (nSPS) is 11.7. The topological polar surface area (TPSA) is 98.5 Å². The van der Waals surface area contributed by atoms with Gasteiger partial charge in [0, 0.05) is 18.2 Å². The maximum absolute atomic E-state index is 13.4. The summed E-state index contributed by atoms with van der Waals surface area (Å²) >= 11 is 0. The molecule has 0 spiro atoms. The summed E-state index contributed by atoms with van der Waals surface area (Å²) in [4.78, 5) is -0.00191. The lowest BCUT2D eigenvalue weighted by molar-refractivity contribution is 0.306. The lowest BCUT2D eigenvalue weighted by Gasteiger charge is -2.09. The molecule has 0 bridgehead atoms. The molecule has 30 heavy (non-hydrogen) atoms. The molecule has 0 fully saturated rings. The summed E-state index contributed by atoms with van der Waals surface area (Å²) in [6, 6.07) is 16.5. The standard InChI is InChI=1S/C20H18FN5O3S/c1-14-13-16(7-8-17(14)21)30(27,28)22-11-12-29-19-10-9-18-23-24-20(26(18)25-19)15-5-3-2-4-6-15/h2-10,13,22H,11-12H2,1H3. The highest BCUT2D eigenvalue weighted by Crippen LogP contribution is 2.18. The first kappa shape index (κ1) is 19.9. The van der Waals surface area contributed by atoms with E-state index < -0.39 is 15.8 Å². The second kappa shape index (κ2) is 8.17. The Morgan fingerprint density at radius 3 is 2.63 bits per heavy atom. The highest BCUT2D eigenvalue weighted by atomic mass is 32.2. The van der Waals surface area contributed by atoms with Gasteiger partial charge in [0.05, 0.1) is 4.90 Å². The van der Waals surface area contributed by atoms with E-state index in [0.717, 1.165) is 11.6 Å². The van der Waals surface area contributed by atoms with Crippen LogP contribution in [-0.4, -0.2) is 41.4 Å². The molecule has 2 heterocycles. The van der Waals surface area contributed by atoms with E-state index in [1.807, 2.05) is 30.3 Å². The largest absolute Gasteiger partial charge is 0.475 e. The minimum absolute atomic E-state index is 0.00191. The SMILES string of the molecule is Cc1cc(S(=O)(=O)NCCOc2ccc3nnc(-c4ccccc4)n3n2)ccc1F. The van der Waals surface area contributed by atoms with E-state index in [1.165, 1.54) is 19.1 Å². The Labute approximate surface area is 172 Å². The Kier molecular flexibility index (Phi) is 5.42. The second-order valence-corrected chi connectivity index (χ2v) is 8.26. The van der Waals surface area contributed by atoms with E-state index >= 15 is 0 Å². The molecule has 0 radical (unpaired) electrons. The maximum atomic E-state index is 13.4. The minimum Gasteiger partial charge on any atom is -0.475 e. The molecule has 0 unspecified atom stereocenters. The Bertz CT molecular complexity index is 1290. The highest BCUT2D eigenvalue weighted by molar-refractivity contribution is 7.89. The summed E-state index contributed by atoms with van der Waals surface area (Å²) in [7, 11) is -3.76. The van der Waals surface area contributed by atoms with Crippen LogP contribution in [-0.2, 0) is 10.0 Å². The van der Waals surface area contributed by atoms with Crippen molar-refractivity contribution < 1.29 is 17.5 Å². The monoisotopic (exact) mass is 427 g/mol. The molecule has 8 nitrogen and oxygen atoms in total. The fourth-order valence-corrected chi connectivity index (χ4v) is 3.91. The Hall–Kier alpha value is -3.37. The number of fused-ring (bicyclic) bond motifs is 1. The molecule has 10 heteroatoms. The average molecular weight is 427 g/mol. The number of rotatable bonds is 7. The molecule has 0 amide bonds. The van der Waals surface area contributed by atoms with Gasteiger partial charge in [0.25, 0.3) is 0 Å². The summed E-state index contributed by atoms with van der Waals surface area (Å²) in [6.07, 6.45) is 0. The van der Waals surface area contributed by atoms with E-state index in [9.17, 15) is 12.8 Å². The highest BCUT2D eigenvalue weighted by Gasteiger charge is 2.15. The molecule has 2 aromatic carbocycles. The van der Waals surface area contributed by atoms with Gasteiger partial charge in [-0.05, 0) is 36.8 Å². The molecular weight excluding hydrogens is 409 g/mol. The molecule has 2 aromatic heterocycles. The molecular formula is C20H18FN5O3S. The van der Waals surface area contributed by atoms with Crippen molar-refractivity contribution in [1.29, 1.82) is 0 Å². The van der Waals surface area contributed by atoms with Crippen LogP contribution in [0.1, 0.15) is 5.56 Å². The number of halogens is 1. The van der Waals surface area contributed by atoms with Gasteiger partial charge in [0.15, 0.2) is 11.5 Å². The third kappa shape index (κ3) is 4.14. The number of benzene rings is 2. The van der Waals surface area contributed by atoms with Gasteiger partial charge in [-0.25, -0.2) is 17.5 Å². The number of nitrogens with zero attached hydrogens (tertiary/aromatic N) is 4. The van der Waals surface area contributed by atoms with E-state index in [4.69, 9.17) is 4.74 Å². The van der Waals surface area contributed by atoms with Crippen LogP contribution in [0.2, 0.25) is 0 Å². The molecule has 4 aromatic rings. The first-order chi connectivity index (χ1) is 14.4. The van der Waals surface area contributed by atoms with E-state index in [1.54, 1.807) is 16.6 Å². The van der Waals surface area contributed by atoms with Gasteiger partial charge < -0.3 is 4.74 Å². The van der Waals surface area contributed by atoms with E-state index in [-0.39, 0.29) is 23.6 Å². The van der Waals surface area contributed by atoms with Crippen molar-refractivity contribution in [2.75, 3.05) is 13.2 Å². The van der Waals surface area contributed by atoms with Crippen molar-refractivity contribution >= 4 is 15.7 Å². The third-order valence-corrected chi connectivity index (χ3v) is 5.81. The lowest BCUT2D eigenvalue weighted by atomic mass is 10.2. The third-order valence-electron chi connectivity index (χ3n) is 4.35. The van der Waals surface area contributed by atoms with Gasteiger partial charge >= 0.3 is 0 Å². The molecule has 0 aliphatic carbocycles. The number of aromatic nitrogens is 4. The molecule has 154 valence electrons. The smallest absolute Gasteiger partial charge is 0.240 e. The van der Waals surface area contributed by atoms with E-state index in [2.05, 4.69) is 20.0 Å². The molecule has 0 saturated heterocycles. The summed E-state index contributed by atoms with van der Waals surface area (Å²) in [5.41, 5.74) is 1.68. The van der Waals surface area contributed by atoms with E-state index in [0.29, 0.717) is 17.4 Å². The number of hydrogen-bond donors (Lipinski definition) is 1. The van der Waals surface area contributed by atoms with Gasteiger partial charge in [-0.3, -0.25) is 0 Å². The van der Waals surface area contributed by atoms with Gasteiger partial charge in [-0.2, -0.15) is 4.52 Å². The van der Waals surface area contributed by atoms with Crippen molar-refractivity contribution in [3.63, 3.8) is 0 Å². The zero-order chi connectivity index (χ0) is 21.1. The Balaban J connectivity index is 1.42. The van der Waals surface area contributed by atoms with Crippen LogP contribution in [0.3, 0.4) is 0 Å². The van der Waals surface area contributed by atoms with Crippen LogP contribution in [0.15, 0.2) is 65.6 Å². The van der Waals surface area contributed by atoms with Gasteiger partial charge in [0.1, 0.15) is 12.4 Å². The van der Waals surface area contributed by atoms with Gasteiger partial charge in [-0.15, -0.1) is 15.3 Å². The van der Waals surface area contributed by atoms with Crippen molar-refractivity contribution in [3.05, 3.63) is 72.0 Å². The minimum atomic E-state index is -3.76. The fourth-order valence-electron chi connectivity index (χ4n) is 2.82. The first-order valence-electron chi connectivity index (χ1n) is 9.10. The van der Waals surface area contributed by atoms with Crippen molar-refractivity contribution in [2.45, 2.75) is 11.8 Å². The Morgan fingerprint density at radius 1 is 1.07 bits per heavy atom. The average Bonchev–Trinajstić information content (AvgIpc) is 3.17. The predicted octanol–water partition coefficient (Wildman–Crippen LogP) is 2.60. The predicted molar refractivity (Wildman–Crippen MR) is 108 cm³/mol. The molecule has 0 saturated carbocycles. The summed E-state index contributed by atoms with van der Waals surface area (Å²) < 4.78 is 47.6. The number of aryl methyl sites for hydroxylation is 1. The number of ether oxygens (including phenoxy) is 1. The van der Waals surface area contributed by atoms with Crippen LogP contribution in [0.25, 0.3) is 17.0 Å². The second-order valence-electron chi connectivity index (χ2n) is 6.49. The van der Waals surface area contributed by atoms with Crippen molar-refractivity contribution in [2.24, 2.45) is 0 Å². The number of sulfonamides is 1. The van der Waals surface area contributed by atoms with Gasteiger partial charge in [-0.1, -0.05) is 30.3 Å². The summed E-state index contributed by atoms with van der Waals surface area (Å²) in [5, 5.41) is 12.6. The molecule has 4 rings (SSSR count). The number of nitrogens with one attached hydrogen (secondary N) is 1. The van der Waals surface area contributed by atoms with Crippen molar-refractivity contribution in [3.8, 4) is 17.3 Å². The molecule has 0 atom stereocenters. The zero-order valence-electron chi connectivity index (χ0n) is 16.0. The zero-order valence-corrected chi connectivity index (χ0v) is 16.8. The van der Waals surface area contributed by atoms with Crippen LogP contribution >= 0.6 is 0 Å². The number of hydrogen-bond acceptors (Lipinski definition) is 6. The maximum Gasteiger partial charge on any atom is 0.240 e. The lowest BCUT2D eigenvalue weighted by Crippen LogP contribution is -2.28. The van der Waals surface area contributed by atoms with Crippen LogP contribution < -0.4 is 9.46 Å². The first-order valence-corrected chi connectivity index (χ1v) is 10.6.